The number of aryl methyl sites for hydroxylation is 1. The van der Waals surface area contributed by atoms with Crippen LogP contribution in [0.25, 0.3) is 0 Å². The minimum Gasteiger partial charge on any atom is -0.396 e. The highest BCUT2D eigenvalue weighted by Crippen LogP contribution is 2.15. The van der Waals surface area contributed by atoms with Crippen molar-refractivity contribution in [3.63, 3.8) is 0 Å². The molecule has 74 valence electrons. The van der Waals surface area contributed by atoms with Gasteiger partial charge in [-0.25, -0.2) is 4.98 Å². The molecule has 0 aliphatic rings. The van der Waals surface area contributed by atoms with Crippen LogP contribution in [-0.2, 0) is 6.42 Å². The third-order valence-electron chi connectivity index (χ3n) is 1.83. The first-order valence-corrected chi connectivity index (χ1v) is 5.43. The van der Waals surface area contributed by atoms with Crippen LogP contribution in [0.15, 0.2) is 5.38 Å². The Morgan fingerprint density at radius 3 is 3.00 bits per heavy atom. The van der Waals surface area contributed by atoms with Crippen LogP contribution in [0.5, 0.6) is 0 Å². The average molecular weight is 200 g/mol. The van der Waals surface area contributed by atoms with Crippen molar-refractivity contribution in [1.82, 2.24) is 4.98 Å². The van der Waals surface area contributed by atoms with Crippen molar-refractivity contribution in [2.24, 2.45) is 5.92 Å². The summed E-state index contributed by atoms with van der Waals surface area (Å²) in [4.78, 5) is 4.36. The molecule has 0 aliphatic heterocycles. The van der Waals surface area contributed by atoms with Gasteiger partial charge in [0.1, 0.15) is 0 Å². The maximum atomic E-state index is 8.81. The molecule has 0 aromatic carbocycles. The normalized spacial score (nSPS) is 12.8. The minimum absolute atomic E-state index is 0.221. The Morgan fingerprint density at radius 2 is 2.46 bits per heavy atom. The largest absolute Gasteiger partial charge is 0.396 e. The van der Waals surface area contributed by atoms with Crippen molar-refractivity contribution < 1.29 is 5.11 Å². The number of aromatic nitrogens is 1. The van der Waals surface area contributed by atoms with Gasteiger partial charge in [-0.2, -0.15) is 0 Å². The molecule has 1 heterocycles. The molecule has 0 amide bonds. The van der Waals surface area contributed by atoms with Crippen LogP contribution in [-0.4, -0.2) is 23.2 Å². The number of nitrogens with zero attached hydrogens (tertiary/aromatic N) is 1. The molecular weight excluding hydrogens is 184 g/mol. The lowest BCUT2D eigenvalue weighted by Gasteiger charge is -2.07. The molecule has 2 N–H and O–H groups in total. The van der Waals surface area contributed by atoms with Gasteiger partial charge < -0.3 is 10.4 Å². The average Bonchev–Trinajstić information content (AvgIpc) is 2.61. The van der Waals surface area contributed by atoms with E-state index in [9.17, 15) is 0 Å². The predicted octanol–water partition coefficient (Wildman–Crippen LogP) is 1.75. The van der Waals surface area contributed by atoms with E-state index in [0.717, 1.165) is 23.8 Å². The molecule has 1 unspecified atom stereocenters. The minimum atomic E-state index is 0.221. The highest BCUT2D eigenvalue weighted by molar-refractivity contribution is 7.13. The van der Waals surface area contributed by atoms with Gasteiger partial charge in [-0.15, -0.1) is 11.3 Å². The zero-order chi connectivity index (χ0) is 9.68. The van der Waals surface area contributed by atoms with E-state index in [1.807, 2.05) is 6.92 Å². The Bertz CT molecular complexity index is 250. The second kappa shape index (κ2) is 5.19. The summed E-state index contributed by atoms with van der Waals surface area (Å²) >= 11 is 1.62. The topological polar surface area (TPSA) is 45.1 Å². The molecule has 0 aliphatic carbocycles. The number of rotatable bonds is 5. The Morgan fingerprint density at radius 1 is 1.69 bits per heavy atom. The molecule has 0 bridgehead atoms. The number of thiazole rings is 1. The van der Waals surface area contributed by atoms with E-state index in [4.69, 9.17) is 5.11 Å². The zero-order valence-corrected chi connectivity index (χ0v) is 8.90. The molecule has 1 aromatic heterocycles. The second-order valence-electron chi connectivity index (χ2n) is 3.17. The van der Waals surface area contributed by atoms with E-state index in [2.05, 4.69) is 22.6 Å². The summed E-state index contributed by atoms with van der Waals surface area (Å²) in [5.41, 5.74) is 1.13. The zero-order valence-electron chi connectivity index (χ0n) is 8.08. The van der Waals surface area contributed by atoms with E-state index in [-0.39, 0.29) is 12.5 Å². The van der Waals surface area contributed by atoms with Gasteiger partial charge in [0.25, 0.3) is 0 Å². The van der Waals surface area contributed by atoms with Crippen LogP contribution in [0.4, 0.5) is 5.13 Å². The van der Waals surface area contributed by atoms with Gasteiger partial charge in [-0.05, 0) is 12.3 Å². The molecule has 0 fully saturated rings. The van der Waals surface area contributed by atoms with E-state index in [0.29, 0.717) is 0 Å². The molecule has 0 spiro atoms. The van der Waals surface area contributed by atoms with Crippen molar-refractivity contribution in [2.75, 3.05) is 18.5 Å². The Balaban J connectivity index is 2.36. The first-order valence-electron chi connectivity index (χ1n) is 4.55. The van der Waals surface area contributed by atoms with Crippen molar-refractivity contribution in [2.45, 2.75) is 20.3 Å². The van der Waals surface area contributed by atoms with Crippen molar-refractivity contribution in [3.05, 3.63) is 11.1 Å². The van der Waals surface area contributed by atoms with Crippen LogP contribution in [0, 0.1) is 5.92 Å². The molecule has 0 saturated heterocycles. The Kier molecular flexibility index (Phi) is 4.18. The van der Waals surface area contributed by atoms with Crippen molar-refractivity contribution in [3.8, 4) is 0 Å². The number of hydrogen-bond donors (Lipinski definition) is 2. The lowest BCUT2D eigenvalue weighted by molar-refractivity contribution is 0.244. The van der Waals surface area contributed by atoms with Crippen molar-refractivity contribution >= 4 is 16.5 Å². The van der Waals surface area contributed by atoms with Gasteiger partial charge in [0.15, 0.2) is 5.13 Å². The monoisotopic (exact) mass is 200 g/mol. The van der Waals surface area contributed by atoms with Gasteiger partial charge in [0.05, 0.1) is 5.69 Å². The first kappa shape index (κ1) is 10.5. The third kappa shape index (κ3) is 3.32. The van der Waals surface area contributed by atoms with Crippen LogP contribution in [0.2, 0.25) is 0 Å². The van der Waals surface area contributed by atoms with E-state index in [1.54, 1.807) is 11.3 Å². The highest BCUT2D eigenvalue weighted by Gasteiger charge is 2.02. The standard InChI is InChI=1S/C9H16N2OS/c1-3-8-6-13-9(11-8)10-4-7(2)5-12/h6-7,12H,3-5H2,1-2H3,(H,10,11). The van der Waals surface area contributed by atoms with Gasteiger partial charge >= 0.3 is 0 Å². The molecule has 1 aromatic rings. The number of aliphatic hydroxyl groups excluding tert-OH is 1. The summed E-state index contributed by atoms with van der Waals surface area (Å²) in [6.45, 7) is 5.10. The Hall–Kier alpha value is -0.610. The number of nitrogens with one attached hydrogen (secondary N) is 1. The van der Waals surface area contributed by atoms with Gasteiger partial charge in [0.2, 0.25) is 0 Å². The molecule has 1 atom stereocenters. The lowest BCUT2D eigenvalue weighted by Crippen LogP contribution is -2.14. The molecular formula is C9H16N2OS. The van der Waals surface area contributed by atoms with Crippen LogP contribution >= 0.6 is 11.3 Å². The number of aliphatic hydroxyl groups is 1. The summed E-state index contributed by atoms with van der Waals surface area (Å²) < 4.78 is 0. The fraction of sp³-hybridized carbons (Fsp3) is 0.667. The summed E-state index contributed by atoms with van der Waals surface area (Å²) in [7, 11) is 0. The maximum absolute atomic E-state index is 8.81. The molecule has 13 heavy (non-hydrogen) atoms. The van der Waals surface area contributed by atoms with E-state index < -0.39 is 0 Å². The third-order valence-corrected chi connectivity index (χ3v) is 2.68. The summed E-state index contributed by atoms with van der Waals surface area (Å²) in [6, 6.07) is 0. The van der Waals surface area contributed by atoms with E-state index >= 15 is 0 Å². The molecule has 0 saturated carbocycles. The van der Waals surface area contributed by atoms with E-state index in [1.165, 1.54) is 0 Å². The quantitative estimate of drug-likeness (QED) is 0.761. The SMILES string of the molecule is CCc1csc(NCC(C)CO)n1. The number of hydrogen-bond acceptors (Lipinski definition) is 4. The summed E-state index contributed by atoms with van der Waals surface area (Å²) in [6.07, 6.45) is 0.980. The molecule has 3 nitrogen and oxygen atoms in total. The fourth-order valence-electron chi connectivity index (χ4n) is 0.877. The Labute approximate surface area is 82.8 Å². The van der Waals surface area contributed by atoms with Gasteiger partial charge in [0, 0.05) is 18.5 Å². The highest BCUT2D eigenvalue weighted by atomic mass is 32.1. The van der Waals surface area contributed by atoms with Gasteiger partial charge in [-0.1, -0.05) is 13.8 Å². The predicted molar refractivity (Wildman–Crippen MR) is 56.2 cm³/mol. The summed E-state index contributed by atoms with van der Waals surface area (Å²) in [5.74, 6) is 0.286. The summed E-state index contributed by atoms with van der Waals surface area (Å²) in [5, 5.41) is 15.0. The maximum Gasteiger partial charge on any atom is 0.182 e. The second-order valence-corrected chi connectivity index (χ2v) is 4.02. The van der Waals surface area contributed by atoms with Crippen LogP contribution in [0.3, 0.4) is 0 Å². The number of anilines is 1. The van der Waals surface area contributed by atoms with Crippen LogP contribution < -0.4 is 5.32 Å². The molecule has 1 rings (SSSR count). The van der Waals surface area contributed by atoms with Crippen molar-refractivity contribution in [1.29, 1.82) is 0 Å². The van der Waals surface area contributed by atoms with Crippen LogP contribution in [0.1, 0.15) is 19.5 Å². The molecule has 0 radical (unpaired) electrons. The molecule has 4 heteroatoms. The lowest BCUT2D eigenvalue weighted by atomic mass is 10.2. The fourth-order valence-corrected chi connectivity index (χ4v) is 1.68. The van der Waals surface area contributed by atoms with Gasteiger partial charge in [-0.3, -0.25) is 0 Å². The first-order chi connectivity index (χ1) is 6.26. The smallest absolute Gasteiger partial charge is 0.182 e.